The van der Waals surface area contributed by atoms with E-state index >= 15 is 0 Å². The van der Waals surface area contributed by atoms with Gasteiger partial charge in [0.2, 0.25) is 0 Å². The van der Waals surface area contributed by atoms with E-state index in [1.54, 1.807) is 27.7 Å². The molecule has 0 aliphatic carbocycles. The highest BCUT2D eigenvalue weighted by molar-refractivity contribution is 6.62. The molecule has 1 aliphatic heterocycles. The number of carbonyl (C=O) groups excluding carboxylic acids is 1. The van der Waals surface area contributed by atoms with Gasteiger partial charge in [-0.3, -0.25) is 4.68 Å². The molecule has 24 heavy (non-hydrogen) atoms. The van der Waals surface area contributed by atoms with Gasteiger partial charge in [-0.2, -0.15) is 18.3 Å². The monoisotopic (exact) mass is 346 g/mol. The molecule has 0 N–H and O–H groups in total. The number of alkyl halides is 3. The topological polar surface area (TPSA) is 53.4 Å². The average Bonchev–Trinajstić information content (AvgIpc) is 2.88. The minimum Gasteiger partial charge on any atom is -0.399 e. The summed E-state index contributed by atoms with van der Waals surface area (Å²) in [5.74, 6) is -0.00983. The van der Waals surface area contributed by atoms with Crippen LogP contribution in [0.1, 0.15) is 53.2 Å². The first kappa shape index (κ1) is 19.0. The average molecular weight is 346 g/mol. The Balaban J connectivity index is 2.28. The highest BCUT2D eigenvalue weighted by Gasteiger charge is 2.54. The van der Waals surface area contributed by atoms with Crippen molar-refractivity contribution in [3.63, 3.8) is 0 Å². The van der Waals surface area contributed by atoms with Crippen LogP contribution in [0.25, 0.3) is 0 Å². The van der Waals surface area contributed by atoms with Crippen LogP contribution >= 0.6 is 0 Å². The van der Waals surface area contributed by atoms with E-state index in [4.69, 9.17) is 9.31 Å². The number of aromatic nitrogens is 2. The highest BCUT2D eigenvalue weighted by Crippen LogP contribution is 2.37. The van der Waals surface area contributed by atoms with Crippen molar-refractivity contribution in [3.8, 4) is 0 Å². The van der Waals surface area contributed by atoms with E-state index in [-0.39, 0.29) is 17.8 Å². The molecule has 0 spiro atoms. The maximum absolute atomic E-state index is 13.3. The zero-order chi connectivity index (χ0) is 18.3. The number of ketones is 1. The fourth-order valence-corrected chi connectivity index (χ4v) is 2.40. The first-order chi connectivity index (χ1) is 10.8. The Bertz CT molecular complexity index is 610. The standard InChI is InChI=1S/C15H22BF3N2O3/c1-10(22)7-6-8-21-9-11(12(20-21)15(17,18)19)16-23-13(2,3)14(4,5)24-16/h9H,6-8H2,1-5H3. The molecule has 2 heterocycles. The maximum atomic E-state index is 13.3. The molecule has 0 saturated carbocycles. The lowest BCUT2D eigenvalue weighted by Crippen LogP contribution is -2.41. The largest absolute Gasteiger partial charge is 0.498 e. The molecule has 0 atom stereocenters. The molecule has 2 rings (SSSR count). The van der Waals surface area contributed by atoms with Gasteiger partial charge in [-0.1, -0.05) is 0 Å². The van der Waals surface area contributed by atoms with Gasteiger partial charge in [0.25, 0.3) is 0 Å². The lowest BCUT2D eigenvalue weighted by atomic mass is 9.79. The second kappa shape index (κ2) is 6.18. The van der Waals surface area contributed by atoms with Gasteiger partial charge < -0.3 is 14.1 Å². The molecule has 0 unspecified atom stereocenters. The van der Waals surface area contributed by atoms with Crippen molar-refractivity contribution in [2.24, 2.45) is 0 Å². The molecule has 5 nitrogen and oxygen atoms in total. The van der Waals surface area contributed by atoms with E-state index in [0.717, 1.165) is 0 Å². The fourth-order valence-electron chi connectivity index (χ4n) is 2.40. The summed E-state index contributed by atoms with van der Waals surface area (Å²) < 4.78 is 52.6. The molecular formula is C15H22BF3N2O3. The Morgan fingerprint density at radius 2 is 1.79 bits per heavy atom. The third kappa shape index (κ3) is 3.83. The lowest BCUT2D eigenvalue weighted by molar-refractivity contribution is -0.140. The third-order valence-electron chi connectivity index (χ3n) is 4.48. The molecule has 0 aromatic carbocycles. The summed E-state index contributed by atoms with van der Waals surface area (Å²) in [6.45, 7) is 8.77. The quantitative estimate of drug-likeness (QED) is 0.769. The normalized spacial score (nSPS) is 19.8. The molecule has 1 fully saturated rings. The Morgan fingerprint density at radius 3 is 2.25 bits per heavy atom. The summed E-state index contributed by atoms with van der Waals surface area (Å²) >= 11 is 0. The van der Waals surface area contributed by atoms with Crippen molar-refractivity contribution < 1.29 is 27.3 Å². The smallest absolute Gasteiger partial charge is 0.399 e. The van der Waals surface area contributed by atoms with Crippen LogP contribution in [0.3, 0.4) is 0 Å². The number of aryl methyl sites for hydroxylation is 1. The van der Waals surface area contributed by atoms with E-state index in [1.807, 2.05) is 0 Å². The highest BCUT2D eigenvalue weighted by atomic mass is 19.4. The Hall–Kier alpha value is -1.35. The van der Waals surface area contributed by atoms with Crippen molar-refractivity contribution in [2.45, 2.75) is 71.4 Å². The first-order valence-corrected chi connectivity index (χ1v) is 7.83. The summed E-state index contributed by atoms with van der Waals surface area (Å²) in [5, 5.41) is 3.64. The molecule has 1 aliphatic rings. The number of carbonyl (C=O) groups is 1. The molecular weight excluding hydrogens is 324 g/mol. The minimum atomic E-state index is -4.61. The predicted molar refractivity (Wildman–Crippen MR) is 82.9 cm³/mol. The van der Waals surface area contributed by atoms with Crippen LogP contribution < -0.4 is 5.46 Å². The summed E-state index contributed by atoms with van der Waals surface area (Å²) in [6.07, 6.45) is -2.58. The molecule has 1 aromatic rings. The van der Waals surface area contributed by atoms with E-state index in [0.29, 0.717) is 12.8 Å². The molecule has 1 saturated heterocycles. The Labute approximate surface area is 139 Å². The van der Waals surface area contributed by atoms with E-state index < -0.39 is 30.2 Å². The number of hydrogen-bond acceptors (Lipinski definition) is 4. The number of hydrogen-bond donors (Lipinski definition) is 0. The summed E-state index contributed by atoms with van der Waals surface area (Å²) in [4.78, 5) is 11.0. The van der Waals surface area contributed by atoms with Gasteiger partial charge in [0, 0.05) is 24.6 Å². The lowest BCUT2D eigenvalue weighted by Gasteiger charge is -2.32. The SMILES string of the molecule is CC(=O)CCCn1cc(B2OC(C)(C)C(C)(C)O2)c(C(F)(F)F)n1. The minimum absolute atomic E-state index is 0.00983. The zero-order valence-corrected chi connectivity index (χ0v) is 14.5. The van der Waals surface area contributed by atoms with Crippen molar-refractivity contribution >= 4 is 18.4 Å². The zero-order valence-electron chi connectivity index (χ0n) is 14.5. The van der Waals surface area contributed by atoms with E-state index in [1.165, 1.54) is 17.8 Å². The van der Waals surface area contributed by atoms with Crippen molar-refractivity contribution in [1.82, 2.24) is 9.78 Å². The molecule has 0 bridgehead atoms. The second-order valence-corrected chi connectivity index (χ2v) is 7.09. The summed E-state index contributed by atoms with van der Waals surface area (Å²) in [6, 6.07) is 0. The van der Waals surface area contributed by atoms with E-state index in [2.05, 4.69) is 5.10 Å². The van der Waals surface area contributed by atoms with Gasteiger partial charge in [0.15, 0.2) is 5.69 Å². The molecule has 1 aromatic heterocycles. The van der Waals surface area contributed by atoms with Gasteiger partial charge >= 0.3 is 13.3 Å². The number of rotatable bonds is 5. The Kier molecular flexibility index (Phi) is 4.89. The second-order valence-electron chi connectivity index (χ2n) is 7.09. The van der Waals surface area contributed by atoms with Crippen molar-refractivity contribution in [3.05, 3.63) is 11.9 Å². The maximum Gasteiger partial charge on any atom is 0.498 e. The van der Waals surface area contributed by atoms with Crippen molar-refractivity contribution in [2.75, 3.05) is 0 Å². The van der Waals surface area contributed by atoms with Gasteiger partial charge in [-0.25, -0.2) is 0 Å². The van der Waals surface area contributed by atoms with Crippen LogP contribution in [0.5, 0.6) is 0 Å². The van der Waals surface area contributed by atoms with Gasteiger partial charge in [-0.15, -0.1) is 0 Å². The van der Waals surface area contributed by atoms with Crippen LogP contribution in [0.2, 0.25) is 0 Å². The number of Topliss-reactive ketones (excluding diaryl/α,β-unsaturated/α-hetero) is 1. The fraction of sp³-hybridized carbons (Fsp3) is 0.733. The van der Waals surface area contributed by atoms with Crippen LogP contribution in [0.4, 0.5) is 13.2 Å². The summed E-state index contributed by atoms with van der Waals surface area (Å²) in [5.41, 5.74) is -2.62. The van der Waals surface area contributed by atoms with Gasteiger partial charge in [0.1, 0.15) is 5.78 Å². The van der Waals surface area contributed by atoms with E-state index in [9.17, 15) is 18.0 Å². The van der Waals surface area contributed by atoms with Crippen LogP contribution in [0.15, 0.2) is 6.20 Å². The third-order valence-corrected chi connectivity index (χ3v) is 4.48. The predicted octanol–water partition coefficient (Wildman–Crippen LogP) is 2.57. The van der Waals surface area contributed by atoms with Crippen LogP contribution in [0, 0.1) is 0 Å². The number of nitrogens with zero attached hydrogens (tertiary/aromatic N) is 2. The van der Waals surface area contributed by atoms with Crippen LogP contribution in [-0.4, -0.2) is 33.9 Å². The molecule has 0 radical (unpaired) electrons. The Morgan fingerprint density at radius 1 is 1.25 bits per heavy atom. The van der Waals surface area contributed by atoms with Gasteiger partial charge in [0.05, 0.1) is 11.2 Å². The van der Waals surface area contributed by atoms with Crippen LogP contribution in [-0.2, 0) is 26.8 Å². The summed E-state index contributed by atoms with van der Waals surface area (Å²) in [7, 11) is -1.13. The van der Waals surface area contributed by atoms with Crippen molar-refractivity contribution in [1.29, 1.82) is 0 Å². The number of halogens is 3. The molecule has 0 amide bonds. The van der Waals surface area contributed by atoms with Gasteiger partial charge in [-0.05, 0) is 41.0 Å². The molecule has 134 valence electrons. The molecule has 9 heteroatoms. The first-order valence-electron chi connectivity index (χ1n) is 7.83.